The number of aryl methyl sites for hydroxylation is 1. The van der Waals surface area contributed by atoms with Gasteiger partial charge in [-0.05, 0) is 37.1 Å². The molecular weight excluding hydrogens is 326 g/mol. The molecule has 138 valence electrons. The normalized spacial score (nSPS) is 14.2. The molecule has 0 unspecified atom stereocenters. The van der Waals surface area contributed by atoms with Crippen molar-refractivity contribution in [3.8, 4) is 5.75 Å². The number of hydrogen-bond acceptors (Lipinski definition) is 3. The molecular formula is C21H27N3O2. The van der Waals surface area contributed by atoms with Gasteiger partial charge < -0.3 is 19.9 Å². The van der Waals surface area contributed by atoms with Gasteiger partial charge in [-0.15, -0.1) is 0 Å². The van der Waals surface area contributed by atoms with E-state index in [2.05, 4.69) is 35.3 Å². The molecule has 0 spiro atoms. The molecule has 0 saturated carbocycles. The molecule has 0 aliphatic carbocycles. The van der Waals surface area contributed by atoms with E-state index in [9.17, 15) is 4.79 Å². The van der Waals surface area contributed by atoms with E-state index >= 15 is 0 Å². The van der Waals surface area contributed by atoms with Crippen molar-refractivity contribution in [1.29, 1.82) is 0 Å². The van der Waals surface area contributed by atoms with Crippen LogP contribution in [0.3, 0.4) is 0 Å². The van der Waals surface area contributed by atoms with Crippen molar-refractivity contribution >= 4 is 11.7 Å². The van der Waals surface area contributed by atoms with Gasteiger partial charge in [0.25, 0.3) is 0 Å². The minimum absolute atomic E-state index is 0.00555. The number of ether oxygens (including phenoxy) is 1. The highest BCUT2D eigenvalue weighted by Gasteiger charge is 2.22. The molecule has 0 aromatic heterocycles. The first-order valence-electron chi connectivity index (χ1n) is 9.23. The molecule has 1 N–H and O–H groups in total. The third-order valence-electron chi connectivity index (χ3n) is 4.76. The quantitative estimate of drug-likeness (QED) is 0.896. The van der Waals surface area contributed by atoms with Gasteiger partial charge >= 0.3 is 6.03 Å². The number of nitrogens with one attached hydrogen (secondary N) is 1. The minimum atomic E-state index is 0.00555. The predicted octanol–water partition coefficient (Wildman–Crippen LogP) is 3.43. The number of rotatable bonds is 5. The standard InChI is InChI=1S/C21H27N3O2/c1-3-26-20-11-7-6-10-19(20)23-12-14-24(15-13-23)21(25)22-16-18-9-5-4-8-17(18)2/h4-11H,3,12-16H2,1-2H3,(H,22,25). The van der Waals surface area contributed by atoms with Crippen molar-refractivity contribution in [3.63, 3.8) is 0 Å². The van der Waals surface area contributed by atoms with Gasteiger partial charge in [-0.3, -0.25) is 0 Å². The Bertz CT molecular complexity index is 740. The van der Waals surface area contributed by atoms with Gasteiger partial charge in [0.05, 0.1) is 12.3 Å². The number of piperazine rings is 1. The molecule has 1 aliphatic rings. The maximum Gasteiger partial charge on any atom is 0.317 e. The fourth-order valence-corrected chi connectivity index (χ4v) is 3.24. The van der Waals surface area contributed by atoms with Crippen molar-refractivity contribution in [3.05, 3.63) is 59.7 Å². The Kier molecular flexibility index (Phi) is 6.00. The Hall–Kier alpha value is -2.69. The summed E-state index contributed by atoms with van der Waals surface area (Å²) >= 11 is 0. The molecule has 1 heterocycles. The van der Waals surface area contributed by atoms with Crippen LogP contribution in [0.25, 0.3) is 0 Å². The first-order valence-corrected chi connectivity index (χ1v) is 9.23. The van der Waals surface area contributed by atoms with Crippen LogP contribution in [-0.4, -0.2) is 43.7 Å². The number of amides is 2. The fraction of sp³-hybridized carbons (Fsp3) is 0.381. The van der Waals surface area contributed by atoms with E-state index in [1.165, 1.54) is 5.56 Å². The average Bonchev–Trinajstić information content (AvgIpc) is 2.68. The number of carbonyl (C=O) groups is 1. The molecule has 0 bridgehead atoms. The van der Waals surface area contributed by atoms with Crippen LogP contribution in [0.4, 0.5) is 10.5 Å². The van der Waals surface area contributed by atoms with Crippen LogP contribution in [0.5, 0.6) is 5.75 Å². The molecule has 5 nitrogen and oxygen atoms in total. The first kappa shape index (κ1) is 18.1. The summed E-state index contributed by atoms with van der Waals surface area (Å²) in [7, 11) is 0. The van der Waals surface area contributed by atoms with E-state index in [4.69, 9.17) is 4.74 Å². The zero-order chi connectivity index (χ0) is 18.4. The van der Waals surface area contributed by atoms with Crippen molar-refractivity contribution in [2.24, 2.45) is 0 Å². The summed E-state index contributed by atoms with van der Waals surface area (Å²) in [5, 5.41) is 3.04. The highest BCUT2D eigenvalue weighted by atomic mass is 16.5. The van der Waals surface area contributed by atoms with Crippen LogP contribution in [0.1, 0.15) is 18.1 Å². The van der Waals surface area contributed by atoms with Crippen LogP contribution >= 0.6 is 0 Å². The summed E-state index contributed by atoms with van der Waals surface area (Å²) in [4.78, 5) is 16.6. The van der Waals surface area contributed by atoms with Gasteiger partial charge in [0.15, 0.2) is 0 Å². The fourth-order valence-electron chi connectivity index (χ4n) is 3.24. The second kappa shape index (κ2) is 8.61. The van der Waals surface area contributed by atoms with Gasteiger partial charge in [0.2, 0.25) is 0 Å². The van der Waals surface area contributed by atoms with Crippen molar-refractivity contribution < 1.29 is 9.53 Å². The third kappa shape index (κ3) is 4.28. The second-order valence-electron chi connectivity index (χ2n) is 6.46. The number of anilines is 1. The number of para-hydroxylation sites is 2. The number of urea groups is 1. The van der Waals surface area contributed by atoms with E-state index in [0.717, 1.165) is 30.1 Å². The summed E-state index contributed by atoms with van der Waals surface area (Å²) in [6.45, 7) is 8.31. The summed E-state index contributed by atoms with van der Waals surface area (Å²) in [6.07, 6.45) is 0. The van der Waals surface area contributed by atoms with Crippen LogP contribution in [-0.2, 0) is 6.54 Å². The Morgan fingerprint density at radius 2 is 1.73 bits per heavy atom. The van der Waals surface area contributed by atoms with E-state index < -0.39 is 0 Å². The third-order valence-corrected chi connectivity index (χ3v) is 4.76. The zero-order valence-electron chi connectivity index (χ0n) is 15.6. The second-order valence-corrected chi connectivity index (χ2v) is 6.46. The van der Waals surface area contributed by atoms with Gasteiger partial charge in [-0.1, -0.05) is 36.4 Å². The molecule has 2 amide bonds. The van der Waals surface area contributed by atoms with E-state index in [1.54, 1.807) is 0 Å². The Labute approximate surface area is 155 Å². The van der Waals surface area contributed by atoms with Crippen molar-refractivity contribution in [1.82, 2.24) is 10.2 Å². The number of hydrogen-bond donors (Lipinski definition) is 1. The van der Waals surface area contributed by atoms with Crippen LogP contribution in [0.2, 0.25) is 0 Å². The number of benzene rings is 2. The lowest BCUT2D eigenvalue weighted by Crippen LogP contribution is -2.51. The predicted molar refractivity (Wildman–Crippen MR) is 105 cm³/mol. The smallest absolute Gasteiger partial charge is 0.317 e. The van der Waals surface area contributed by atoms with Gasteiger partial charge in [-0.2, -0.15) is 0 Å². The largest absolute Gasteiger partial charge is 0.492 e. The Morgan fingerprint density at radius 1 is 1.04 bits per heavy atom. The van der Waals surface area contributed by atoms with E-state index in [-0.39, 0.29) is 6.03 Å². The number of carbonyl (C=O) groups excluding carboxylic acids is 1. The van der Waals surface area contributed by atoms with Crippen molar-refractivity contribution in [2.75, 3.05) is 37.7 Å². The van der Waals surface area contributed by atoms with Crippen LogP contribution in [0, 0.1) is 6.92 Å². The molecule has 2 aromatic carbocycles. The molecule has 1 fully saturated rings. The van der Waals surface area contributed by atoms with Crippen molar-refractivity contribution in [2.45, 2.75) is 20.4 Å². The monoisotopic (exact) mass is 353 g/mol. The first-order chi connectivity index (χ1) is 12.7. The maximum atomic E-state index is 12.5. The number of nitrogens with zero attached hydrogens (tertiary/aromatic N) is 2. The Morgan fingerprint density at radius 3 is 2.46 bits per heavy atom. The molecule has 0 atom stereocenters. The van der Waals surface area contributed by atoms with Gasteiger partial charge in [-0.25, -0.2) is 4.79 Å². The molecule has 26 heavy (non-hydrogen) atoms. The molecule has 3 rings (SSSR count). The lowest BCUT2D eigenvalue weighted by Gasteiger charge is -2.36. The topological polar surface area (TPSA) is 44.8 Å². The average molecular weight is 353 g/mol. The van der Waals surface area contributed by atoms with Crippen LogP contribution < -0.4 is 15.0 Å². The highest BCUT2D eigenvalue weighted by Crippen LogP contribution is 2.28. The lowest BCUT2D eigenvalue weighted by molar-refractivity contribution is 0.194. The van der Waals surface area contributed by atoms with E-state index in [0.29, 0.717) is 26.2 Å². The zero-order valence-corrected chi connectivity index (χ0v) is 15.6. The SMILES string of the molecule is CCOc1ccccc1N1CCN(C(=O)NCc2ccccc2C)CC1. The van der Waals surface area contributed by atoms with Gasteiger partial charge in [0, 0.05) is 32.7 Å². The molecule has 1 aliphatic heterocycles. The van der Waals surface area contributed by atoms with E-state index in [1.807, 2.05) is 42.2 Å². The molecule has 5 heteroatoms. The molecule has 1 saturated heterocycles. The molecule has 2 aromatic rings. The summed E-state index contributed by atoms with van der Waals surface area (Å²) in [5.41, 5.74) is 3.46. The summed E-state index contributed by atoms with van der Waals surface area (Å²) in [6, 6.07) is 16.2. The summed E-state index contributed by atoms with van der Waals surface area (Å²) < 4.78 is 5.73. The van der Waals surface area contributed by atoms with Crippen LogP contribution in [0.15, 0.2) is 48.5 Å². The minimum Gasteiger partial charge on any atom is -0.492 e. The molecule has 0 radical (unpaired) electrons. The van der Waals surface area contributed by atoms with Gasteiger partial charge in [0.1, 0.15) is 5.75 Å². The summed E-state index contributed by atoms with van der Waals surface area (Å²) in [5.74, 6) is 0.910. The highest BCUT2D eigenvalue weighted by molar-refractivity contribution is 5.74. The Balaban J connectivity index is 1.53. The lowest BCUT2D eigenvalue weighted by atomic mass is 10.1. The maximum absolute atomic E-state index is 12.5.